The Balaban J connectivity index is 2.14. The zero-order chi connectivity index (χ0) is 8.39. The van der Waals surface area contributed by atoms with Gasteiger partial charge >= 0.3 is 0 Å². The summed E-state index contributed by atoms with van der Waals surface area (Å²) in [5.41, 5.74) is 1.42. The van der Waals surface area contributed by atoms with Gasteiger partial charge < -0.3 is 0 Å². The molecule has 1 aromatic carbocycles. The van der Waals surface area contributed by atoms with E-state index < -0.39 is 0 Å². The maximum Gasteiger partial charge on any atom is 0.0469 e. The number of hydrogen-bond acceptors (Lipinski definition) is 1. The van der Waals surface area contributed by atoms with Crippen LogP contribution >= 0.6 is 27.7 Å². The minimum absolute atomic E-state index is 0.626. The normalized spacial score (nSPS) is 22.4. The lowest BCUT2D eigenvalue weighted by atomic mass is 10.1. The predicted octanol–water partition coefficient (Wildman–Crippen LogP) is 4.10. The molecule has 0 spiro atoms. The lowest BCUT2D eigenvalue weighted by Crippen LogP contribution is -1.86. The van der Waals surface area contributed by atoms with Gasteiger partial charge in [-0.1, -0.05) is 36.4 Å². The summed E-state index contributed by atoms with van der Waals surface area (Å²) in [6.07, 6.45) is 3.39. The third-order valence-corrected chi connectivity index (χ3v) is 3.94. The SMILES string of the molecule is BrC1=CCC(c2ccccc2)S1. The number of benzene rings is 1. The van der Waals surface area contributed by atoms with Crippen LogP contribution in [0.2, 0.25) is 0 Å². The van der Waals surface area contributed by atoms with Crippen LogP contribution < -0.4 is 0 Å². The first-order valence-electron chi connectivity index (χ1n) is 3.93. The predicted molar refractivity (Wildman–Crippen MR) is 58.4 cm³/mol. The second kappa shape index (κ2) is 3.67. The second-order valence-electron chi connectivity index (χ2n) is 2.76. The molecular formula is C10H9BrS. The van der Waals surface area contributed by atoms with Crippen molar-refractivity contribution >= 4 is 27.7 Å². The Labute approximate surface area is 85.2 Å². The first-order valence-corrected chi connectivity index (χ1v) is 5.61. The lowest BCUT2D eigenvalue weighted by molar-refractivity contribution is 0.990. The fourth-order valence-electron chi connectivity index (χ4n) is 1.30. The summed E-state index contributed by atoms with van der Waals surface area (Å²) in [5, 5.41) is 0.626. The standard InChI is InChI=1S/C10H9BrS/c11-10-7-6-9(12-10)8-4-2-1-3-5-8/h1-5,7,9H,6H2. The molecule has 2 heteroatoms. The van der Waals surface area contributed by atoms with Crippen LogP contribution in [0, 0.1) is 0 Å². The first-order chi connectivity index (χ1) is 5.86. The van der Waals surface area contributed by atoms with Crippen molar-refractivity contribution in [3.05, 3.63) is 45.8 Å². The van der Waals surface area contributed by atoms with Crippen LogP contribution in [-0.4, -0.2) is 0 Å². The van der Waals surface area contributed by atoms with Crippen molar-refractivity contribution in [2.75, 3.05) is 0 Å². The molecular weight excluding hydrogens is 232 g/mol. The molecule has 0 aliphatic carbocycles. The summed E-state index contributed by atoms with van der Waals surface area (Å²) in [7, 11) is 0. The van der Waals surface area contributed by atoms with E-state index in [4.69, 9.17) is 0 Å². The van der Waals surface area contributed by atoms with E-state index in [1.54, 1.807) is 0 Å². The molecule has 0 amide bonds. The van der Waals surface area contributed by atoms with E-state index in [1.165, 1.54) is 9.38 Å². The van der Waals surface area contributed by atoms with Crippen LogP contribution in [0.1, 0.15) is 17.2 Å². The second-order valence-corrected chi connectivity index (χ2v) is 5.38. The van der Waals surface area contributed by atoms with E-state index >= 15 is 0 Å². The molecule has 12 heavy (non-hydrogen) atoms. The van der Waals surface area contributed by atoms with Gasteiger partial charge in [-0.15, -0.1) is 11.8 Å². The average Bonchev–Trinajstić information content (AvgIpc) is 2.54. The van der Waals surface area contributed by atoms with Gasteiger partial charge in [-0.2, -0.15) is 0 Å². The molecule has 0 radical (unpaired) electrons. The van der Waals surface area contributed by atoms with E-state index in [1.807, 2.05) is 11.8 Å². The fraction of sp³-hybridized carbons (Fsp3) is 0.200. The van der Waals surface area contributed by atoms with Crippen LogP contribution in [0.15, 0.2) is 40.2 Å². The van der Waals surface area contributed by atoms with Gasteiger partial charge in [-0.05, 0) is 27.9 Å². The van der Waals surface area contributed by atoms with Crippen LogP contribution in [0.25, 0.3) is 0 Å². The molecule has 0 aromatic heterocycles. The van der Waals surface area contributed by atoms with Gasteiger partial charge in [-0.3, -0.25) is 0 Å². The number of rotatable bonds is 1. The Kier molecular flexibility index (Phi) is 2.57. The average molecular weight is 241 g/mol. The molecule has 62 valence electrons. The highest BCUT2D eigenvalue weighted by Gasteiger charge is 2.17. The molecule has 0 bridgehead atoms. The quantitative estimate of drug-likeness (QED) is 0.713. The van der Waals surface area contributed by atoms with Crippen molar-refractivity contribution in [1.82, 2.24) is 0 Å². The van der Waals surface area contributed by atoms with Crippen LogP contribution in [0.3, 0.4) is 0 Å². The van der Waals surface area contributed by atoms with E-state index in [9.17, 15) is 0 Å². The van der Waals surface area contributed by atoms with E-state index in [0.29, 0.717) is 5.25 Å². The Bertz CT molecular complexity index is 292. The Morgan fingerprint density at radius 3 is 2.58 bits per heavy atom. The smallest absolute Gasteiger partial charge is 0.0469 e. The molecule has 1 aliphatic heterocycles. The summed E-state index contributed by atoms with van der Waals surface area (Å²) < 4.78 is 1.27. The van der Waals surface area contributed by atoms with E-state index in [0.717, 1.165) is 6.42 Å². The summed E-state index contributed by atoms with van der Waals surface area (Å²) >= 11 is 5.40. The van der Waals surface area contributed by atoms with Gasteiger partial charge in [0.2, 0.25) is 0 Å². The Hall–Kier alpha value is -0.210. The Morgan fingerprint density at radius 1 is 1.25 bits per heavy atom. The number of halogens is 1. The lowest BCUT2D eigenvalue weighted by Gasteiger charge is -2.07. The molecule has 0 nitrogen and oxygen atoms in total. The van der Waals surface area contributed by atoms with Crippen molar-refractivity contribution < 1.29 is 0 Å². The summed E-state index contributed by atoms with van der Waals surface area (Å²) in [4.78, 5) is 0. The fourth-order valence-corrected chi connectivity index (χ4v) is 3.12. The molecule has 1 aliphatic rings. The van der Waals surface area contributed by atoms with Crippen LogP contribution in [-0.2, 0) is 0 Å². The van der Waals surface area contributed by atoms with Crippen LogP contribution in [0.5, 0.6) is 0 Å². The summed E-state index contributed by atoms with van der Waals surface area (Å²) in [6.45, 7) is 0. The molecule has 1 unspecified atom stereocenters. The third-order valence-electron chi connectivity index (χ3n) is 1.92. The third kappa shape index (κ3) is 1.75. The molecule has 2 rings (SSSR count). The summed E-state index contributed by atoms with van der Waals surface area (Å²) in [6, 6.07) is 10.6. The van der Waals surface area contributed by atoms with Crippen molar-refractivity contribution in [2.45, 2.75) is 11.7 Å². The van der Waals surface area contributed by atoms with E-state index in [2.05, 4.69) is 52.3 Å². The maximum atomic E-state index is 3.50. The Morgan fingerprint density at radius 2 is 2.00 bits per heavy atom. The minimum atomic E-state index is 0.626. The van der Waals surface area contributed by atoms with Gasteiger partial charge in [0, 0.05) is 9.06 Å². The zero-order valence-corrected chi connectivity index (χ0v) is 8.94. The minimum Gasteiger partial charge on any atom is -0.110 e. The molecule has 1 heterocycles. The van der Waals surface area contributed by atoms with Crippen molar-refractivity contribution in [3.8, 4) is 0 Å². The molecule has 0 saturated heterocycles. The number of thioether (sulfide) groups is 1. The maximum absolute atomic E-state index is 3.50. The summed E-state index contributed by atoms with van der Waals surface area (Å²) in [5.74, 6) is 0. The van der Waals surface area contributed by atoms with Crippen molar-refractivity contribution in [1.29, 1.82) is 0 Å². The first kappa shape index (κ1) is 8.39. The van der Waals surface area contributed by atoms with Crippen molar-refractivity contribution in [3.63, 3.8) is 0 Å². The van der Waals surface area contributed by atoms with Crippen molar-refractivity contribution in [2.24, 2.45) is 0 Å². The molecule has 0 N–H and O–H groups in total. The van der Waals surface area contributed by atoms with Crippen LogP contribution in [0.4, 0.5) is 0 Å². The molecule has 1 atom stereocenters. The molecule has 1 aromatic rings. The van der Waals surface area contributed by atoms with Gasteiger partial charge in [0.25, 0.3) is 0 Å². The van der Waals surface area contributed by atoms with E-state index in [-0.39, 0.29) is 0 Å². The highest BCUT2D eigenvalue weighted by atomic mass is 79.9. The highest BCUT2D eigenvalue weighted by Crippen LogP contribution is 2.45. The van der Waals surface area contributed by atoms with Gasteiger partial charge in [0.05, 0.1) is 0 Å². The molecule has 0 saturated carbocycles. The number of allylic oxidation sites excluding steroid dienone is 1. The van der Waals surface area contributed by atoms with Gasteiger partial charge in [0.15, 0.2) is 0 Å². The largest absolute Gasteiger partial charge is 0.110 e. The highest BCUT2D eigenvalue weighted by molar-refractivity contribution is 9.14. The number of hydrogen-bond donors (Lipinski definition) is 0. The van der Waals surface area contributed by atoms with Gasteiger partial charge in [-0.25, -0.2) is 0 Å². The monoisotopic (exact) mass is 240 g/mol. The zero-order valence-electron chi connectivity index (χ0n) is 6.53. The topological polar surface area (TPSA) is 0 Å². The molecule has 0 fully saturated rings. The van der Waals surface area contributed by atoms with Gasteiger partial charge in [0.1, 0.15) is 0 Å².